The lowest BCUT2D eigenvalue weighted by molar-refractivity contribution is -0.144. The standard InChI is InChI=1S/C17H15F3O3S/c18-13-3-7-15(8-4-13)24-10-9-16(21)22-11-12-1-5-14(6-2-12)23-17(19)20/h1-8,17H,9-11H2. The van der Waals surface area contributed by atoms with E-state index in [2.05, 4.69) is 4.74 Å². The second-order valence-electron chi connectivity index (χ2n) is 4.74. The highest BCUT2D eigenvalue weighted by molar-refractivity contribution is 7.99. The molecule has 0 heterocycles. The molecule has 0 spiro atoms. The van der Waals surface area contributed by atoms with E-state index in [-0.39, 0.29) is 30.6 Å². The highest BCUT2D eigenvalue weighted by Gasteiger charge is 2.06. The average molecular weight is 356 g/mol. The smallest absolute Gasteiger partial charge is 0.387 e. The lowest BCUT2D eigenvalue weighted by Crippen LogP contribution is -2.06. The molecule has 0 fully saturated rings. The van der Waals surface area contributed by atoms with Crippen molar-refractivity contribution in [1.29, 1.82) is 0 Å². The first-order valence-corrected chi connectivity index (χ1v) is 8.09. The minimum Gasteiger partial charge on any atom is -0.461 e. The van der Waals surface area contributed by atoms with Crippen LogP contribution in [0.2, 0.25) is 0 Å². The van der Waals surface area contributed by atoms with Crippen LogP contribution in [0.1, 0.15) is 12.0 Å². The normalized spacial score (nSPS) is 10.7. The predicted molar refractivity (Wildman–Crippen MR) is 84.6 cm³/mol. The number of halogens is 3. The topological polar surface area (TPSA) is 35.5 Å². The predicted octanol–water partition coefficient (Wildman–Crippen LogP) is 4.65. The number of hydrogen-bond acceptors (Lipinski definition) is 4. The fourth-order valence-corrected chi connectivity index (χ4v) is 2.62. The maximum Gasteiger partial charge on any atom is 0.387 e. The summed E-state index contributed by atoms with van der Waals surface area (Å²) >= 11 is 1.43. The molecule has 0 amide bonds. The van der Waals surface area contributed by atoms with Gasteiger partial charge in [-0.1, -0.05) is 12.1 Å². The maximum atomic E-state index is 12.8. The Kier molecular flexibility index (Phi) is 6.99. The quantitative estimate of drug-likeness (QED) is 0.509. The van der Waals surface area contributed by atoms with Crippen molar-refractivity contribution in [1.82, 2.24) is 0 Å². The molecule has 0 atom stereocenters. The lowest BCUT2D eigenvalue weighted by Gasteiger charge is -2.07. The summed E-state index contributed by atoms with van der Waals surface area (Å²) in [4.78, 5) is 12.5. The second-order valence-corrected chi connectivity index (χ2v) is 5.90. The third-order valence-electron chi connectivity index (χ3n) is 2.94. The first kappa shape index (κ1) is 18.2. The van der Waals surface area contributed by atoms with Crippen molar-refractivity contribution in [2.75, 3.05) is 5.75 Å². The molecule has 24 heavy (non-hydrogen) atoms. The molecule has 3 nitrogen and oxygen atoms in total. The molecule has 0 bridgehead atoms. The van der Waals surface area contributed by atoms with Gasteiger partial charge in [0.2, 0.25) is 0 Å². The van der Waals surface area contributed by atoms with Crippen LogP contribution in [0, 0.1) is 5.82 Å². The summed E-state index contributed by atoms with van der Waals surface area (Å²) in [5, 5.41) is 0. The Hall–Kier alpha value is -2.15. The SMILES string of the molecule is O=C(CCSc1ccc(F)cc1)OCc1ccc(OC(F)F)cc1. The molecular weight excluding hydrogens is 341 g/mol. The number of alkyl halides is 2. The van der Waals surface area contributed by atoms with Gasteiger partial charge in [0.15, 0.2) is 0 Å². The van der Waals surface area contributed by atoms with Gasteiger partial charge in [-0.05, 0) is 42.0 Å². The van der Waals surface area contributed by atoms with Crippen molar-refractivity contribution in [2.24, 2.45) is 0 Å². The minimum absolute atomic E-state index is 0.0516. The minimum atomic E-state index is -2.87. The third kappa shape index (κ3) is 6.54. The molecule has 0 aliphatic carbocycles. The molecule has 2 aromatic rings. The molecule has 0 saturated heterocycles. The first-order chi connectivity index (χ1) is 11.5. The Morgan fingerprint density at radius 3 is 2.33 bits per heavy atom. The Morgan fingerprint density at radius 2 is 1.71 bits per heavy atom. The van der Waals surface area contributed by atoms with Crippen molar-refractivity contribution < 1.29 is 27.4 Å². The van der Waals surface area contributed by atoms with E-state index in [4.69, 9.17) is 4.74 Å². The number of hydrogen-bond donors (Lipinski definition) is 0. The Labute approximate surface area is 141 Å². The summed E-state index contributed by atoms with van der Waals surface area (Å²) in [6, 6.07) is 11.9. The zero-order valence-electron chi connectivity index (χ0n) is 12.6. The van der Waals surface area contributed by atoms with Gasteiger partial charge >= 0.3 is 12.6 Å². The van der Waals surface area contributed by atoms with Gasteiger partial charge < -0.3 is 9.47 Å². The van der Waals surface area contributed by atoms with Crippen LogP contribution >= 0.6 is 11.8 Å². The monoisotopic (exact) mass is 356 g/mol. The summed E-state index contributed by atoms with van der Waals surface area (Å²) in [6.45, 7) is -2.80. The van der Waals surface area contributed by atoms with E-state index < -0.39 is 6.61 Å². The maximum absolute atomic E-state index is 12.8. The van der Waals surface area contributed by atoms with Gasteiger partial charge in [-0.25, -0.2) is 4.39 Å². The summed E-state index contributed by atoms with van der Waals surface area (Å²) in [7, 11) is 0. The van der Waals surface area contributed by atoms with E-state index in [1.165, 1.54) is 36.0 Å². The van der Waals surface area contributed by atoms with E-state index in [9.17, 15) is 18.0 Å². The number of rotatable bonds is 8. The molecule has 0 aliphatic rings. The molecule has 0 aliphatic heterocycles. The van der Waals surface area contributed by atoms with Crippen molar-refractivity contribution in [3.8, 4) is 5.75 Å². The Morgan fingerprint density at radius 1 is 1.04 bits per heavy atom. The molecule has 0 N–H and O–H groups in total. The molecule has 0 unspecified atom stereocenters. The second kappa shape index (κ2) is 9.22. The highest BCUT2D eigenvalue weighted by Crippen LogP contribution is 2.19. The number of ether oxygens (including phenoxy) is 2. The van der Waals surface area contributed by atoms with E-state index >= 15 is 0 Å². The molecule has 0 saturated carbocycles. The lowest BCUT2D eigenvalue weighted by atomic mass is 10.2. The van der Waals surface area contributed by atoms with E-state index in [1.54, 1.807) is 24.3 Å². The molecule has 128 valence electrons. The number of carbonyl (C=O) groups is 1. The Balaban J connectivity index is 1.68. The molecule has 7 heteroatoms. The summed E-state index contributed by atoms with van der Waals surface area (Å²) in [6.07, 6.45) is 0.217. The van der Waals surface area contributed by atoms with Gasteiger partial charge in [0.25, 0.3) is 0 Å². The van der Waals surface area contributed by atoms with Crippen LogP contribution in [0.3, 0.4) is 0 Å². The summed E-state index contributed by atoms with van der Waals surface area (Å²) in [5.74, 6) is -0.0944. The van der Waals surface area contributed by atoms with Crippen LogP contribution in [-0.4, -0.2) is 18.3 Å². The first-order valence-electron chi connectivity index (χ1n) is 7.10. The summed E-state index contributed by atoms with van der Waals surface area (Å²) < 4.78 is 46.1. The number of benzene rings is 2. The van der Waals surface area contributed by atoms with Gasteiger partial charge in [0.05, 0.1) is 6.42 Å². The average Bonchev–Trinajstić information content (AvgIpc) is 2.55. The summed E-state index contributed by atoms with van der Waals surface area (Å²) in [5.41, 5.74) is 0.677. The van der Waals surface area contributed by atoms with Crippen LogP contribution in [0.4, 0.5) is 13.2 Å². The van der Waals surface area contributed by atoms with E-state index in [0.717, 1.165) is 4.90 Å². The van der Waals surface area contributed by atoms with Gasteiger partial charge in [-0.3, -0.25) is 4.79 Å². The van der Waals surface area contributed by atoms with Crippen LogP contribution in [-0.2, 0) is 16.1 Å². The zero-order chi connectivity index (χ0) is 17.4. The fraction of sp³-hybridized carbons (Fsp3) is 0.235. The van der Waals surface area contributed by atoms with Crippen LogP contribution < -0.4 is 4.74 Å². The van der Waals surface area contributed by atoms with Gasteiger partial charge in [0, 0.05) is 10.6 Å². The van der Waals surface area contributed by atoms with E-state index in [0.29, 0.717) is 11.3 Å². The van der Waals surface area contributed by atoms with Gasteiger partial charge in [-0.2, -0.15) is 8.78 Å². The van der Waals surface area contributed by atoms with Crippen molar-refractivity contribution in [3.05, 3.63) is 59.9 Å². The molecule has 0 aromatic heterocycles. The largest absolute Gasteiger partial charge is 0.461 e. The van der Waals surface area contributed by atoms with Crippen LogP contribution in [0.25, 0.3) is 0 Å². The van der Waals surface area contributed by atoms with Gasteiger partial charge in [0.1, 0.15) is 18.2 Å². The Bertz CT molecular complexity index is 645. The van der Waals surface area contributed by atoms with Crippen molar-refractivity contribution >= 4 is 17.7 Å². The van der Waals surface area contributed by atoms with Crippen molar-refractivity contribution in [3.63, 3.8) is 0 Å². The highest BCUT2D eigenvalue weighted by atomic mass is 32.2. The van der Waals surface area contributed by atoms with Crippen molar-refractivity contribution in [2.45, 2.75) is 24.5 Å². The van der Waals surface area contributed by atoms with Gasteiger partial charge in [-0.15, -0.1) is 11.8 Å². The van der Waals surface area contributed by atoms with Crippen LogP contribution in [0.5, 0.6) is 5.75 Å². The molecular formula is C17H15F3O3S. The van der Waals surface area contributed by atoms with E-state index in [1.807, 2.05) is 0 Å². The molecule has 2 rings (SSSR count). The molecule has 2 aromatic carbocycles. The number of thioether (sulfide) groups is 1. The fourth-order valence-electron chi connectivity index (χ4n) is 1.79. The third-order valence-corrected chi connectivity index (χ3v) is 3.95. The zero-order valence-corrected chi connectivity index (χ0v) is 13.4. The molecule has 0 radical (unpaired) electrons. The van der Waals surface area contributed by atoms with Crippen LogP contribution in [0.15, 0.2) is 53.4 Å². The number of carbonyl (C=O) groups excluding carboxylic acids is 1. The number of esters is 1.